The Hall–Kier alpha value is -1.12. The van der Waals surface area contributed by atoms with E-state index in [0.717, 1.165) is 28.0 Å². The van der Waals surface area contributed by atoms with E-state index in [4.69, 9.17) is 17.3 Å². The van der Waals surface area contributed by atoms with E-state index < -0.39 is 0 Å². The van der Waals surface area contributed by atoms with Gasteiger partial charge in [0, 0.05) is 11.1 Å². The normalized spacial score (nSPS) is 12.9. The second kappa shape index (κ2) is 5.25. The molecule has 0 saturated heterocycles. The van der Waals surface area contributed by atoms with Gasteiger partial charge in [0.2, 0.25) is 0 Å². The van der Waals surface area contributed by atoms with E-state index >= 15 is 0 Å². The zero-order valence-corrected chi connectivity index (χ0v) is 11.9. The highest BCUT2D eigenvalue weighted by atomic mass is 35.5. The quantitative estimate of drug-likeness (QED) is 0.917. The van der Waals surface area contributed by atoms with Gasteiger partial charge in [-0.25, -0.2) is 0 Å². The first-order valence-electron chi connectivity index (χ1n) is 6.27. The Bertz CT molecular complexity index is 578. The van der Waals surface area contributed by atoms with Gasteiger partial charge in [0.15, 0.2) is 0 Å². The number of nitrogens with zero attached hydrogens (tertiary/aromatic N) is 1. The Morgan fingerprint density at radius 1 is 1.28 bits per heavy atom. The van der Waals surface area contributed by atoms with Crippen molar-refractivity contribution in [3.8, 4) is 0 Å². The van der Waals surface area contributed by atoms with E-state index in [1.807, 2.05) is 13.0 Å². The summed E-state index contributed by atoms with van der Waals surface area (Å²) < 4.78 is 0. The van der Waals surface area contributed by atoms with Gasteiger partial charge in [0.1, 0.15) is 0 Å². The van der Waals surface area contributed by atoms with Crippen LogP contribution in [0, 0.1) is 19.8 Å². The zero-order chi connectivity index (χ0) is 13.3. The molecule has 0 aliphatic heterocycles. The van der Waals surface area contributed by atoms with Crippen LogP contribution in [0.1, 0.15) is 23.7 Å². The van der Waals surface area contributed by atoms with Crippen molar-refractivity contribution in [1.82, 2.24) is 4.98 Å². The van der Waals surface area contributed by atoms with E-state index in [1.54, 1.807) is 0 Å². The lowest BCUT2D eigenvalue weighted by Crippen LogP contribution is -2.13. The second-order valence-electron chi connectivity index (χ2n) is 5.10. The average Bonchev–Trinajstić information content (AvgIpc) is 2.30. The van der Waals surface area contributed by atoms with Gasteiger partial charge in [-0.2, -0.15) is 0 Å². The Morgan fingerprint density at radius 2 is 2.00 bits per heavy atom. The smallest absolute Gasteiger partial charge is 0.0749 e. The van der Waals surface area contributed by atoms with Crippen LogP contribution in [0.25, 0.3) is 10.9 Å². The highest BCUT2D eigenvalue weighted by Crippen LogP contribution is 2.27. The molecular formula is C15H19ClN2. The Labute approximate surface area is 113 Å². The molecule has 2 aromatic rings. The van der Waals surface area contributed by atoms with Crippen LogP contribution in [0.4, 0.5) is 0 Å². The number of aromatic nitrogens is 1. The molecule has 2 rings (SSSR count). The van der Waals surface area contributed by atoms with Crippen LogP contribution >= 0.6 is 11.6 Å². The first-order valence-corrected chi connectivity index (χ1v) is 6.65. The molecule has 3 heteroatoms. The second-order valence-corrected chi connectivity index (χ2v) is 5.51. The van der Waals surface area contributed by atoms with Crippen molar-refractivity contribution in [3.63, 3.8) is 0 Å². The van der Waals surface area contributed by atoms with Crippen molar-refractivity contribution in [2.45, 2.75) is 27.2 Å². The van der Waals surface area contributed by atoms with Gasteiger partial charge in [0.05, 0.1) is 10.5 Å². The third kappa shape index (κ3) is 2.65. The number of halogens is 1. The molecule has 1 heterocycles. The van der Waals surface area contributed by atoms with Gasteiger partial charge in [-0.15, -0.1) is 0 Å². The topological polar surface area (TPSA) is 38.9 Å². The van der Waals surface area contributed by atoms with E-state index in [1.165, 1.54) is 11.1 Å². The minimum absolute atomic E-state index is 0.485. The maximum Gasteiger partial charge on any atom is 0.0749 e. The molecule has 1 unspecified atom stereocenters. The predicted octanol–water partition coefficient (Wildman–Crippen LogP) is 3.64. The number of pyridine rings is 1. The van der Waals surface area contributed by atoms with Crippen LogP contribution < -0.4 is 5.73 Å². The molecular weight excluding hydrogens is 244 g/mol. The highest BCUT2D eigenvalue weighted by molar-refractivity contribution is 6.35. The largest absolute Gasteiger partial charge is 0.330 e. The molecule has 0 saturated carbocycles. The van der Waals surface area contributed by atoms with Gasteiger partial charge < -0.3 is 5.73 Å². The minimum Gasteiger partial charge on any atom is -0.330 e. The summed E-state index contributed by atoms with van der Waals surface area (Å²) in [5.41, 5.74) is 10.1. The molecule has 0 aliphatic rings. The SMILES string of the molecule is Cc1cc(Cl)c2cc(CC(C)CN)cc(C)c2n1. The van der Waals surface area contributed by atoms with Gasteiger partial charge >= 0.3 is 0 Å². The van der Waals surface area contributed by atoms with Crippen LogP contribution in [0.3, 0.4) is 0 Å². The molecule has 1 aromatic heterocycles. The van der Waals surface area contributed by atoms with Crippen LogP contribution in [0.15, 0.2) is 18.2 Å². The molecule has 2 N–H and O–H groups in total. The average molecular weight is 263 g/mol. The van der Waals surface area contributed by atoms with Crippen molar-refractivity contribution in [3.05, 3.63) is 40.0 Å². The summed E-state index contributed by atoms with van der Waals surface area (Å²) in [7, 11) is 0. The maximum atomic E-state index is 6.31. The number of hydrogen-bond donors (Lipinski definition) is 1. The van der Waals surface area contributed by atoms with Gasteiger partial charge in [0.25, 0.3) is 0 Å². The first-order chi connectivity index (χ1) is 8.51. The van der Waals surface area contributed by atoms with Crippen LogP contribution in [0.5, 0.6) is 0 Å². The molecule has 18 heavy (non-hydrogen) atoms. The molecule has 0 radical (unpaired) electrons. The van der Waals surface area contributed by atoms with E-state index in [2.05, 4.69) is 31.0 Å². The summed E-state index contributed by atoms with van der Waals surface area (Å²) in [5, 5.41) is 1.82. The summed E-state index contributed by atoms with van der Waals surface area (Å²) in [6.45, 7) is 6.92. The van der Waals surface area contributed by atoms with Crippen molar-refractivity contribution in [2.24, 2.45) is 11.7 Å². The van der Waals surface area contributed by atoms with Crippen molar-refractivity contribution < 1.29 is 0 Å². The minimum atomic E-state index is 0.485. The van der Waals surface area contributed by atoms with E-state index in [-0.39, 0.29) is 0 Å². The van der Waals surface area contributed by atoms with E-state index in [9.17, 15) is 0 Å². The van der Waals surface area contributed by atoms with Crippen molar-refractivity contribution in [1.29, 1.82) is 0 Å². The van der Waals surface area contributed by atoms with Crippen LogP contribution in [0.2, 0.25) is 5.02 Å². The Morgan fingerprint density at radius 3 is 2.67 bits per heavy atom. The number of hydrogen-bond acceptors (Lipinski definition) is 2. The van der Waals surface area contributed by atoms with Crippen LogP contribution in [-0.2, 0) is 6.42 Å². The first kappa shape index (κ1) is 13.3. The summed E-state index contributed by atoms with van der Waals surface area (Å²) >= 11 is 6.31. The number of aryl methyl sites for hydroxylation is 2. The summed E-state index contributed by atoms with van der Waals surface area (Å²) in [4.78, 5) is 4.57. The number of nitrogens with two attached hydrogens (primary N) is 1. The standard InChI is InChI=1S/C15H19ClN2/c1-9(8-17)4-12-5-10(2)15-13(7-12)14(16)6-11(3)18-15/h5-7,9H,4,8,17H2,1-3H3. The molecule has 96 valence electrons. The molecule has 1 atom stereocenters. The lowest BCUT2D eigenvalue weighted by molar-refractivity contribution is 0.593. The Kier molecular flexibility index (Phi) is 3.88. The third-order valence-corrected chi connectivity index (χ3v) is 3.54. The highest BCUT2D eigenvalue weighted by Gasteiger charge is 2.09. The molecule has 0 aliphatic carbocycles. The van der Waals surface area contributed by atoms with Crippen molar-refractivity contribution >= 4 is 22.5 Å². The third-order valence-electron chi connectivity index (χ3n) is 3.23. The summed E-state index contributed by atoms with van der Waals surface area (Å²) in [6, 6.07) is 6.25. The number of benzene rings is 1. The fourth-order valence-electron chi connectivity index (χ4n) is 2.26. The molecule has 2 nitrogen and oxygen atoms in total. The van der Waals surface area contributed by atoms with Crippen LogP contribution in [-0.4, -0.2) is 11.5 Å². The van der Waals surface area contributed by atoms with Gasteiger partial charge in [-0.05, 0) is 56.0 Å². The monoisotopic (exact) mass is 262 g/mol. The zero-order valence-electron chi connectivity index (χ0n) is 11.1. The Balaban J connectivity index is 2.54. The number of rotatable bonds is 3. The summed E-state index contributed by atoms with van der Waals surface area (Å²) in [6.07, 6.45) is 0.984. The molecule has 0 spiro atoms. The van der Waals surface area contributed by atoms with E-state index in [0.29, 0.717) is 12.5 Å². The summed E-state index contributed by atoms with van der Waals surface area (Å²) in [5.74, 6) is 0.485. The predicted molar refractivity (Wildman–Crippen MR) is 78.1 cm³/mol. The fourth-order valence-corrected chi connectivity index (χ4v) is 2.56. The van der Waals surface area contributed by atoms with Gasteiger partial charge in [-0.3, -0.25) is 4.98 Å². The lowest BCUT2D eigenvalue weighted by Gasteiger charge is -2.12. The fraction of sp³-hybridized carbons (Fsp3) is 0.400. The lowest BCUT2D eigenvalue weighted by atomic mass is 9.97. The molecule has 0 amide bonds. The molecule has 1 aromatic carbocycles. The van der Waals surface area contributed by atoms with Crippen molar-refractivity contribution in [2.75, 3.05) is 6.54 Å². The maximum absolute atomic E-state index is 6.31. The molecule has 0 bridgehead atoms. The molecule has 0 fully saturated rings. The van der Waals surface area contributed by atoms with Gasteiger partial charge in [-0.1, -0.05) is 24.6 Å². The number of fused-ring (bicyclic) bond motifs is 1.